The monoisotopic (exact) mass is 277 g/mol. The van der Waals surface area contributed by atoms with Crippen LogP contribution >= 0.6 is 0 Å². The third-order valence-corrected chi connectivity index (χ3v) is 3.71. The van der Waals surface area contributed by atoms with Crippen LogP contribution in [-0.4, -0.2) is 29.8 Å². The average Bonchev–Trinajstić information content (AvgIpc) is 2.90. The number of carbonyl (C=O) groups is 1. The van der Waals surface area contributed by atoms with Crippen molar-refractivity contribution in [3.63, 3.8) is 0 Å². The van der Waals surface area contributed by atoms with Crippen LogP contribution in [0.1, 0.15) is 38.5 Å². The molecule has 20 heavy (non-hydrogen) atoms. The van der Waals surface area contributed by atoms with Gasteiger partial charge in [0.05, 0.1) is 12.2 Å². The van der Waals surface area contributed by atoms with Gasteiger partial charge in [0.15, 0.2) is 0 Å². The molecule has 0 aliphatic heterocycles. The van der Waals surface area contributed by atoms with Crippen molar-refractivity contribution < 1.29 is 14.6 Å². The zero-order valence-electron chi connectivity index (χ0n) is 11.8. The second-order valence-corrected chi connectivity index (χ2v) is 5.47. The Morgan fingerprint density at radius 2 is 1.95 bits per heavy atom. The predicted octanol–water partition coefficient (Wildman–Crippen LogP) is 2.27. The number of rotatable bonds is 7. The number of benzene rings is 1. The molecule has 4 nitrogen and oxygen atoms in total. The summed E-state index contributed by atoms with van der Waals surface area (Å²) in [4.78, 5) is 11.7. The molecule has 1 aliphatic rings. The van der Waals surface area contributed by atoms with Crippen LogP contribution in [0.5, 0.6) is 5.75 Å². The van der Waals surface area contributed by atoms with Crippen molar-refractivity contribution in [3.8, 4) is 5.75 Å². The van der Waals surface area contributed by atoms with Crippen LogP contribution in [0.4, 0.5) is 0 Å². The maximum atomic E-state index is 11.7. The van der Waals surface area contributed by atoms with Gasteiger partial charge in [0.1, 0.15) is 5.75 Å². The van der Waals surface area contributed by atoms with Crippen molar-refractivity contribution in [1.29, 1.82) is 0 Å². The summed E-state index contributed by atoms with van der Waals surface area (Å²) in [5.74, 6) is 0.815. The van der Waals surface area contributed by atoms with Crippen LogP contribution in [-0.2, 0) is 4.79 Å². The molecule has 0 atom stereocenters. The Morgan fingerprint density at radius 3 is 2.65 bits per heavy atom. The van der Waals surface area contributed by atoms with Gasteiger partial charge in [-0.25, -0.2) is 0 Å². The number of aliphatic hydroxyl groups is 1. The van der Waals surface area contributed by atoms with Crippen LogP contribution in [0.3, 0.4) is 0 Å². The summed E-state index contributed by atoms with van der Waals surface area (Å²) in [7, 11) is 0. The van der Waals surface area contributed by atoms with Gasteiger partial charge in [0, 0.05) is 13.0 Å². The molecular formula is C16H23NO3. The third-order valence-electron chi connectivity index (χ3n) is 3.71. The number of nitrogens with one attached hydrogen (secondary N) is 1. The topological polar surface area (TPSA) is 58.6 Å². The molecule has 2 rings (SSSR count). The Hall–Kier alpha value is -1.55. The normalized spacial score (nSPS) is 16.9. The van der Waals surface area contributed by atoms with Crippen molar-refractivity contribution in [2.45, 2.75) is 44.1 Å². The van der Waals surface area contributed by atoms with Gasteiger partial charge in [0.25, 0.3) is 0 Å². The highest BCUT2D eigenvalue weighted by atomic mass is 16.5. The number of para-hydroxylation sites is 1. The minimum atomic E-state index is -0.670. The van der Waals surface area contributed by atoms with E-state index in [1.165, 1.54) is 0 Å². The lowest BCUT2D eigenvalue weighted by atomic mass is 10.0. The van der Waals surface area contributed by atoms with Crippen molar-refractivity contribution in [1.82, 2.24) is 5.32 Å². The smallest absolute Gasteiger partial charge is 0.220 e. The van der Waals surface area contributed by atoms with Gasteiger partial charge in [0.2, 0.25) is 5.91 Å². The molecule has 1 aromatic carbocycles. The first-order chi connectivity index (χ1) is 9.68. The summed E-state index contributed by atoms with van der Waals surface area (Å²) in [6, 6.07) is 9.58. The molecule has 0 radical (unpaired) electrons. The Morgan fingerprint density at radius 1 is 1.25 bits per heavy atom. The molecular weight excluding hydrogens is 254 g/mol. The van der Waals surface area contributed by atoms with Crippen LogP contribution < -0.4 is 10.1 Å². The Bertz CT molecular complexity index is 413. The Kier molecular flexibility index (Phi) is 5.41. The fraction of sp³-hybridized carbons (Fsp3) is 0.562. The van der Waals surface area contributed by atoms with Crippen molar-refractivity contribution in [2.24, 2.45) is 0 Å². The lowest BCUT2D eigenvalue weighted by Crippen LogP contribution is -2.40. The molecule has 0 heterocycles. The Balaban J connectivity index is 1.56. The van der Waals surface area contributed by atoms with E-state index in [1.54, 1.807) is 0 Å². The summed E-state index contributed by atoms with van der Waals surface area (Å²) in [6.07, 6.45) is 4.81. The second kappa shape index (κ2) is 7.29. The van der Waals surface area contributed by atoms with Gasteiger partial charge in [-0.15, -0.1) is 0 Å². The highest BCUT2D eigenvalue weighted by Gasteiger charge is 2.31. The molecule has 0 bridgehead atoms. The SMILES string of the molecule is O=C(CCCOc1ccccc1)NCC1(O)CCCC1. The number of ether oxygens (including phenoxy) is 1. The van der Waals surface area contributed by atoms with E-state index < -0.39 is 5.60 Å². The lowest BCUT2D eigenvalue weighted by molar-refractivity contribution is -0.122. The quantitative estimate of drug-likeness (QED) is 0.752. The molecule has 0 aromatic heterocycles. The summed E-state index contributed by atoms with van der Waals surface area (Å²) in [6.45, 7) is 0.910. The zero-order valence-corrected chi connectivity index (χ0v) is 11.8. The first-order valence-electron chi connectivity index (χ1n) is 7.35. The maximum absolute atomic E-state index is 11.7. The van der Waals surface area contributed by atoms with Gasteiger partial charge < -0.3 is 15.2 Å². The van der Waals surface area contributed by atoms with Crippen molar-refractivity contribution >= 4 is 5.91 Å². The number of hydrogen-bond acceptors (Lipinski definition) is 3. The molecule has 4 heteroatoms. The van der Waals surface area contributed by atoms with Gasteiger partial charge in [-0.1, -0.05) is 31.0 Å². The summed E-state index contributed by atoms with van der Waals surface area (Å²) in [5.41, 5.74) is -0.670. The van der Waals surface area contributed by atoms with Crippen molar-refractivity contribution in [2.75, 3.05) is 13.2 Å². The van der Waals surface area contributed by atoms with Gasteiger partial charge in [-0.2, -0.15) is 0 Å². The molecule has 1 aliphatic carbocycles. The average molecular weight is 277 g/mol. The van der Waals surface area contributed by atoms with Gasteiger partial charge >= 0.3 is 0 Å². The first-order valence-corrected chi connectivity index (χ1v) is 7.35. The molecule has 2 N–H and O–H groups in total. The van der Waals surface area contributed by atoms with Crippen LogP contribution in [0.25, 0.3) is 0 Å². The van der Waals surface area contributed by atoms with E-state index in [0.29, 0.717) is 26.0 Å². The first kappa shape index (κ1) is 14.9. The molecule has 1 saturated carbocycles. The highest BCUT2D eigenvalue weighted by molar-refractivity contribution is 5.75. The van der Waals surface area contributed by atoms with Crippen LogP contribution in [0.2, 0.25) is 0 Å². The summed E-state index contributed by atoms with van der Waals surface area (Å²) >= 11 is 0. The predicted molar refractivity (Wildman–Crippen MR) is 77.6 cm³/mol. The molecule has 0 saturated heterocycles. The molecule has 1 fully saturated rings. The zero-order chi connectivity index (χ0) is 14.3. The summed E-state index contributed by atoms with van der Waals surface area (Å²) < 4.78 is 5.52. The van der Waals surface area contributed by atoms with Crippen LogP contribution in [0, 0.1) is 0 Å². The van der Waals surface area contributed by atoms with E-state index in [1.807, 2.05) is 30.3 Å². The van der Waals surface area contributed by atoms with Gasteiger partial charge in [-0.3, -0.25) is 4.79 Å². The largest absolute Gasteiger partial charge is 0.494 e. The van der Waals surface area contributed by atoms with E-state index in [4.69, 9.17) is 4.74 Å². The minimum absolute atomic E-state index is 0.0120. The van der Waals surface area contributed by atoms with Crippen molar-refractivity contribution in [3.05, 3.63) is 30.3 Å². The number of amides is 1. The van der Waals surface area contributed by atoms with E-state index in [-0.39, 0.29) is 5.91 Å². The molecule has 0 unspecified atom stereocenters. The summed E-state index contributed by atoms with van der Waals surface area (Å²) in [5, 5.41) is 12.9. The van der Waals surface area contributed by atoms with E-state index in [2.05, 4.69) is 5.32 Å². The minimum Gasteiger partial charge on any atom is -0.494 e. The third kappa shape index (κ3) is 4.85. The fourth-order valence-corrected chi connectivity index (χ4v) is 2.50. The molecule has 0 spiro atoms. The van der Waals surface area contributed by atoms with E-state index in [9.17, 15) is 9.90 Å². The molecule has 110 valence electrons. The standard InChI is InChI=1S/C16H23NO3/c18-15(17-13-16(19)10-4-5-11-16)9-6-12-20-14-7-2-1-3-8-14/h1-3,7-8,19H,4-6,9-13H2,(H,17,18). The van der Waals surface area contributed by atoms with E-state index in [0.717, 1.165) is 31.4 Å². The van der Waals surface area contributed by atoms with Crippen LogP contribution in [0.15, 0.2) is 30.3 Å². The maximum Gasteiger partial charge on any atom is 0.220 e. The molecule has 1 amide bonds. The number of carbonyl (C=O) groups excluding carboxylic acids is 1. The highest BCUT2D eigenvalue weighted by Crippen LogP contribution is 2.28. The van der Waals surface area contributed by atoms with Gasteiger partial charge in [-0.05, 0) is 31.4 Å². The van der Waals surface area contributed by atoms with E-state index >= 15 is 0 Å². The number of hydrogen-bond donors (Lipinski definition) is 2. The molecule has 1 aromatic rings. The fourth-order valence-electron chi connectivity index (χ4n) is 2.50. The Labute approximate surface area is 120 Å². The lowest BCUT2D eigenvalue weighted by Gasteiger charge is -2.22. The second-order valence-electron chi connectivity index (χ2n) is 5.47.